The van der Waals surface area contributed by atoms with E-state index in [2.05, 4.69) is 40.3 Å². The number of hydrogen-bond donors (Lipinski definition) is 1. The van der Waals surface area contributed by atoms with E-state index >= 15 is 0 Å². The number of halogens is 2. The van der Waals surface area contributed by atoms with E-state index in [9.17, 15) is 0 Å². The molecule has 2 nitrogen and oxygen atoms in total. The Balaban J connectivity index is 2.14. The summed E-state index contributed by atoms with van der Waals surface area (Å²) in [6.07, 6.45) is 0. The lowest BCUT2D eigenvalue weighted by atomic mass is 10.2. The van der Waals surface area contributed by atoms with Crippen LogP contribution in [-0.4, -0.2) is 6.54 Å². The summed E-state index contributed by atoms with van der Waals surface area (Å²) >= 11 is 9.56. The fraction of sp³-hybridized carbons (Fsp3) is 0.250. The monoisotopic (exact) mass is 353 g/mol. The minimum atomic E-state index is 0.748. The maximum absolute atomic E-state index is 6.01. The molecule has 106 valence electrons. The second kappa shape index (κ2) is 7.11. The summed E-state index contributed by atoms with van der Waals surface area (Å²) in [5.74, 6) is 1.58. The summed E-state index contributed by atoms with van der Waals surface area (Å²) < 4.78 is 6.82. The smallest absolute Gasteiger partial charge is 0.141 e. The number of nitrogens with one attached hydrogen (secondary N) is 1. The Bertz CT molecular complexity index is 601. The minimum absolute atomic E-state index is 0.748. The number of hydrogen-bond acceptors (Lipinski definition) is 2. The molecule has 20 heavy (non-hydrogen) atoms. The Morgan fingerprint density at radius 3 is 2.65 bits per heavy atom. The van der Waals surface area contributed by atoms with Crippen LogP contribution in [0, 0.1) is 6.92 Å². The van der Waals surface area contributed by atoms with Gasteiger partial charge < -0.3 is 10.1 Å². The van der Waals surface area contributed by atoms with Crippen molar-refractivity contribution >= 4 is 27.5 Å². The molecule has 0 fully saturated rings. The number of aryl methyl sites for hydroxylation is 1. The van der Waals surface area contributed by atoms with Crippen molar-refractivity contribution in [1.29, 1.82) is 0 Å². The van der Waals surface area contributed by atoms with E-state index in [1.807, 2.05) is 31.2 Å². The third kappa shape index (κ3) is 3.98. The van der Waals surface area contributed by atoms with E-state index in [1.54, 1.807) is 0 Å². The first-order chi connectivity index (χ1) is 9.60. The number of rotatable bonds is 5. The first-order valence-corrected chi connectivity index (χ1v) is 7.70. The largest absolute Gasteiger partial charge is 0.456 e. The van der Waals surface area contributed by atoms with Gasteiger partial charge >= 0.3 is 0 Å². The normalized spacial score (nSPS) is 10.6. The van der Waals surface area contributed by atoms with Crippen LogP contribution in [0.25, 0.3) is 0 Å². The predicted octanol–water partition coefficient (Wildman–Crippen LogP) is 5.31. The molecule has 0 radical (unpaired) electrons. The molecule has 0 saturated carbocycles. The molecule has 0 aliphatic rings. The summed E-state index contributed by atoms with van der Waals surface area (Å²) in [5, 5.41) is 4.05. The van der Waals surface area contributed by atoms with E-state index in [1.165, 1.54) is 5.56 Å². The molecule has 0 heterocycles. The Kier molecular flexibility index (Phi) is 5.46. The minimum Gasteiger partial charge on any atom is -0.456 e. The lowest BCUT2D eigenvalue weighted by molar-refractivity contribution is 0.479. The first kappa shape index (κ1) is 15.4. The van der Waals surface area contributed by atoms with E-state index < -0.39 is 0 Å². The van der Waals surface area contributed by atoms with Crippen LogP contribution in [0.5, 0.6) is 11.5 Å². The molecule has 1 N–H and O–H groups in total. The van der Waals surface area contributed by atoms with E-state index in [0.717, 1.165) is 39.6 Å². The summed E-state index contributed by atoms with van der Waals surface area (Å²) in [6.45, 7) is 5.87. The molecule has 2 aromatic carbocycles. The van der Waals surface area contributed by atoms with Crippen LogP contribution in [0.3, 0.4) is 0 Å². The van der Waals surface area contributed by atoms with Crippen LogP contribution < -0.4 is 10.1 Å². The molecule has 0 bridgehead atoms. The molecule has 0 aliphatic carbocycles. The van der Waals surface area contributed by atoms with E-state index in [0.29, 0.717) is 0 Å². The van der Waals surface area contributed by atoms with Crippen molar-refractivity contribution in [2.75, 3.05) is 6.54 Å². The molecule has 4 heteroatoms. The highest BCUT2D eigenvalue weighted by molar-refractivity contribution is 9.10. The quantitative estimate of drug-likeness (QED) is 0.785. The van der Waals surface area contributed by atoms with Crippen molar-refractivity contribution < 1.29 is 4.74 Å². The Morgan fingerprint density at radius 2 is 2.00 bits per heavy atom. The molecule has 0 spiro atoms. The zero-order valence-electron chi connectivity index (χ0n) is 11.5. The third-order valence-electron chi connectivity index (χ3n) is 2.93. The average molecular weight is 355 g/mol. The number of ether oxygens (including phenoxy) is 1. The molecule has 0 aliphatic heterocycles. The number of benzene rings is 2. The molecule has 0 amide bonds. The van der Waals surface area contributed by atoms with Crippen molar-refractivity contribution in [3.8, 4) is 11.5 Å². The molecule has 2 rings (SSSR count). The van der Waals surface area contributed by atoms with Gasteiger partial charge in [-0.3, -0.25) is 0 Å². The van der Waals surface area contributed by atoms with Crippen LogP contribution in [0.2, 0.25) is 5.02 Å². The molecule has 0 aromatic heterocycles. The average Bonchev–Trinajstić information content (AvgIpc) is 2.43. The van der Waals surface area contributed by atoms with Crippen molar-refractivity contribution in [2.45, 2.75) is 20.4 Å². The topological polar surface area (TPSA) is 21.3 Å². The highest BCUT2D eigenvalue weighted by Crippen LogP contribution is 2.32. The van der Waals surface area contributed by atoms with E-state index in [-0.39, 0.29) is 0 Å². The molecule has 0 saturated heterocycles. The van der Waals surface area contributed by atoms with Gasteiger partial charge in [0.1, 0.15) is 11.5 Å². The van der Waals surface area contributed by atoms with Gasteiger partial charge in [0.25, 0.3) is 0 Å². The lowest BCUT2D eigenvalue weighted by Crippen LogP contribution is -2.11. The maximum atomic E-state index is 6.01. The fourth-order valence-corrected chi connectivity index (χ4v) is 2.44. The second-order valence-electron chi connectivity index (χ2n) is 4.56. The van der Waals surface area contributed by atoms with Gasteiger partial charge in [-0.15, -0.1) is 0 Å². The zero-order valence-corrected chi connectivity index (χ0v) is 13.9. The highest BCUT2D eigenvalue weighted by Gasteiger charge is 2.05. The predicted molar refractivity (Wildman–Crippen MR) is 87.8 cm³/mol. The molecule has 0 unspecified atom stereocenters. The SMILES string of the molecule is CCNCc1ccc(Oc2ccc(Cl)c(C)c2)c(Br)c1. The Labute approximate surface area is 133 Å². The van der Waals surface area contributed by atoms with Gasteiger partial charge in [0.15, 0.2) is 0 Å². The van der Waals surface area contributed by atoms with Crippen LogP contribution in [0.1, 0.15) is 18.1 Å². The van der Waals surface area contributed by atoms with Gasteiger partial charge in [0.2, 0.25) is 0 Å². The summed E-state index contributed by atoms with van der Waals surface area (Å²) in [7, 11) is 0. The summed E-state index contributed by atoms with van der Waals surface area (Å²) in [5.41, 5.74) is 2.22. The van der Waals surface area contributed by atoms with Gasteiger partial charge in [0, 0.05) is 11.6 Å². The van der Waals surface area contributed by atoms with Crippen LogP contribution in [0.4, 0.5) is 0 Å². The van der Waals surface area contributed by atoms with Crippen molar-refractivity contribution in [1.82, 2.24) is 5.32 Å². The molecular weight excluding hydrogens is 338 g/mol. The van der Waals surface area contributed by atoms with Crippen LogP contribution in [-0.2, 0) is 6.54 Å². The zero-order chi connectivity index (χ0) is 14.5. The van der Waals surface area contributed by atoms with Gasteiger partial charge in [-0.1, -0.05) is 24.6 Å². The Hall–Kier alpha value is -1.03. The highest BCUT2D eigenvalue weighted by atomic mass is 79.9. The molecule has 2 aromatic rings. The third-order valence-corrected chi connectivity index (χ3v) is 3.98. The van der Waals surface area contributed by atoms with Gasteiger partial charge in [-0.2, -0.15) is 0 Å². The first-order valence-electron chi connectivity index (χ1n) is 6.53. The molecule has 0 atom stereocenters. The fourth-order valence-electron chi connectivity index (χ4n) is 1.81. The van der Waals surface area contributed by atoms with Crippen LogP contribution in [0.15, 0.2) is 40.9 Å². The lowest BCUT2D eigenvalue weighted by Gasteiger charge is -2.10. The van der Waals surface area contributed by atoms with E-state index in [4.69, 9.17) is 16.3 Å². The second-order valence-corrected chi connectivity index (χ2v) is 5.82. The molecular formula is C16H17BrClNO. The maximum Gasteiger partial charge on any atom is 0.141 e. The summed E-state index contributed by atoms with van der Waals surface area (Å²) in [6, 6.07) is 11.8. The van der Waals surface area contributed by atoms with Crippen LogP contribution >= 0.6 is 27.5 Å². The standard InChI is InChI=1S/C16H17BrClNO/c1-3-19-10-12-4-7-16(14(17)9-12)20-13-5-6-15(18)11(2)8-13/h4-9,19H,3,10H2,1-2H3. The van der Waals surface area contributed by atoms with Crippen molar-refractivity contribution in [2.24, 2.45) is 0 Å². The van der Waals surface area contributed by atoms with Gasteiger partial charge in [-0.05, 0) is 70.9 Å². The van der Waals surface area contributed by atoms with Crippen molar-refractivity contribution in [3.63, 3.8) is 0 Å². The van der Waals surface area contributed by atoms with Crippen molar-refractivity contribution in [3.05, 3.63) is 57.0 Å². The van der Waals surface area contributed by atoms with Gasteiger partial charge in [0.05, 0.1) is 4.47 Å². The Morgan fingerprint density at radius 1 is 1.20 bits per heavy atom. The summed E-state index contributed by atoms with van der Waals surface area (Å²) in [4.78, 5) is 0. The van der Waals surface area contributed by atoms with Gasteiger partial charge in [-0.25, -0.2) is 0 Å².